The highest BCUT2D eigenvalue weighted by molar-refractivity contribution is 7.10. The van der Waals surface area contributed by atoms with Crippen molar-refractivity contribution in [2.45, 2.75) is 45.2 Å². The molecular weight excluding hydrogens is 218 g/mol. The van der Waals surface area contributed by atoms with Crippen LogP contribution in [-0.4, -0.2) is 17.8 Å². The van der Waals surface area contributed by atoms with Crippen molar-refractivity contribution in [3.05, 3.63) is 21.9 Å². The standard InChI is InChI=1S/C13H21NOS/c1-9-6-7-16-13(9)10(2)14-12-5-3-4-11(12)8-15/h6-7,10-12,14-15H,3-5,8H2,1-2H3/t10-,11-,12+/m0/s1. The first-order valence-electron chi connectivity index (χ1n) is 6.13. The lowest BCUT2D eigenvalue weighted by Gasteiger charge is -2.23. The number of thiophene rings is 1. The van der Waals surface area contributed by atoms with Crippen LogP contribution in [0.15, 0.2) is 11.4 Å². The molecule has 1 aromatic heterocycles. The molecule has 0 aromatic carbocycles. The van der Waals surface area contributed by atoms with E-state index in [1.54, 1.807) is 0 Å². The largest absolute Gasteiger partial charge is 0.396 e. The molecule has 1 aliphatic rings. The molecule has 2 rings (SSSR count). The van der Waals surface area contributed by atoms with Crippen molar-refractivity contribution < 1.29 is 5.11 Å². The smallest absolute Gasteiger partial charge is 0.0474 e. The first-order chi connectivity index (χ1) is 7.72. The fraction of sp³-hybridized carbons (Fsp3) is 0.692. The van der Waals surface area contributed by atoms with Crippen LogP contribution in [0.5, 0.6) is 0 Å². The molecule has 0 saturated heterocycles. The molecule has 1 saturated carbocycles. The van der Waals surface area contributed by atoms with Crippen LogP contribution in [0, 0.1) is 12.8 Å². The molecule has 16 heavy (non-hydrogen) atoms. The first-order valence-corrected chi connectivity index (χ1v) is 7.01. The summed E-state index contributed by atoms with van der Waals surface area (Å²) in [4.78, 5) is 1.43. The van der Waals surface area contributed by atoms with Gasteiger partial charge in [-0.1, -0.05) is 6.42 Å². The van der Waals surface area contributed by atoms with Crippen LogP contribution in [0.4, 0.5) is 0 Å². The lowest BCUT2D eigenvalue weighted by Crippen LogP contribution is -2.35. The summed E-state index contributed by atoms with van der Waals surface area (Å²) in [5.74, 6) is 0.461. The van der Waals surface area contributed by atoms with E-state index in [1.165, 1.54) is 29.7 Å². The minimum absolute atomic E-state index is 0.327. The highest BCUT2D eigenvalue weighted by Crippen LogP contribution is 2.29. The van der Waals surface area contributed by atoms with E-state index in [-0.39, 0.29) is 0 Å². The Bertz CT molecular complexity index is 336. The Hall–Kier alpha value is -0.380. The molecule has 2 nitrogen and oxygen atoms in total. The average molecular weight is 239 g/mol. The van der Waals surface area contributed by atoms with Gasteiger partial charge >= 0.3 is 0 Å². The van der Waals surface area contributed by atoms with E-state index in [9.17, 15) is 5.11 Å². The fourth-order valence-electron chi connectivity index (χ4n) is 2.70. The van der Waals surface area contributed by atoms with Gasteiger partial charge in [0.05, 0.1) is 0 Å². The molecule has 1 aliphatic carbocycles. The maximum absolute atomic E-state index is 9.30. The Kier molecular flexibility index (Phi) is 4.00. The van der Waals surface area contributed by atoms with E-state index in [0.29, 0.717) is 24.6 Å². The zero-order valence-corrected chi connectivity index (χ0v) is 10.9. The number of aryl methyl sites for hydroxylation is 1. The third-order valence-electron chi connectivity index (χ3n) is 3.65. The third kappa shape index (κ3) is 2.47. The predicted molar refractivity (Wildman–Crippen MR) is 68.8 cm³/mol. The lowest BCUT2D eigenvalue weighted by atomic mass is 10.0. The second-order valence-electron chi connectivity index (χ2n) is 4.84. The Labute approximate surface area is 102 Å². The number of nitrogens with one attached hydrogen (secondary N) is 1. The van der Waals surface area contributed by atoms with Gasteiger partial charge in [0.2, 0.25) is 0 Å². The number of hydrogen-bond donors (Lipinski definition) is 2. The van der Waals surface area contributed by atoms with Crippen molar-refractivity contribution >= 4 is 11.3 Å². The van der Waals surface area contributed by atoms with E-state index in [0.717, 1.165) is 0 Å². The van der Waals surface area contributed by atoms with E-state index in [2.05, 4.69) is 30.6 Å². The Morgan fingerprint density at radius 1 is 1.56 bits per heavy atom. The molecule has 0 radical (unpaired) electrons. The molecule has 0 aliphatic heterocycles. The van der Waals surface area contributed by atoms with Gasteiger partial charge in [0.1, 0.15) is 0 Å². The van der Waals surface area contributed by atoms with Crippen LogP contribution in [-0.2, 0) is 0 Å². The van der Waals surface area contributed by atoms with Gasteiger partial charge in [0.15, 0.2) is 0 Å². The van der Waals surface area contributed by atoms with Gasteiger partial charge < -0.3 is 10.4 Å². The van der Waals surface area contributed by atoms with Crippen molar-refractivity contribution in [1.29, 1.82) is 0 Å². The van der Waals surface area contributed by atoms with Gasteiger partial charge in [-0.15, -0.1) is 11.3 Å². The van der Waals surface area contributed by atoms with E-state index in [1.807, 2.05) is 11.3 Å². The van der Waals surface area contributed by atoms with Crippen LogP contribution in [0.3, 0.4) is 0 Å². The third-order valence-corrected chi connectivity index (χ3v) is 4.85. The summed E-state index contributed by atoms with van der Waals surface area (Å²) in [6, 6.07) is 3.09. The summed E-state index contributed by atoms with van der Waals surface area (Å²) < 4.78 is 0. The Morgan fingerprint density at radius 3 is 3.00 bits per heavy atom. The number of rotatable bonds is 4. The minimum atomic E-state index is 0.327. The summed E-state index contributed by atoms with van der Waals surface area (Å²) in [6.07, 6.45) is 3.63. The molecule has 3 atom stereocenters. The molecule has 1 heterocycles. The van der Waals surface area contributed by atoms with Gasteiger partial charge in [-0.2, -0.15) is 0 Å². The van der Waals surface area contributed by atoms with Crippen molar-refractivity contribution in [2.24, 2.45) is 5.92 Å². The topological polar surface area (TPSA) is 32.3 Å². The van der Waals surface area contributed by atoms with Crippen LogP contribution in [0.2, 0.25) is 0 Å². The second-order valence-corrected chi connectivity index (χ2v) is 5.78. The highest BCUT2D eigenvalue weighted by atomic mass is 32.1. The lowest BCUT2D eigenvalue weighted by molar-refractivity contribution is 0.201. The van der Waals surface area contributed by atoms with Crippen LogP contribution in [0.1, 0.15) is 42.7 Å². The molecule has 1 fully saturated rings. The van der Waals surface area contributed by atoms with Crippen molar-refractivity contribution in [3.8, 4) is 0 Å². The fourth-order valence-corrected chi connectivity index (χ4v) is 3.64. The van der Waals surface area contributed by atoms with E-state index in [4.69, 9.17) is 0 Å². The maximum Gasteiger partial charge on any atom is 0.0474 e. The molecule has 1 aromatic rings. The van der Waals surface area contributed by atoms with Crippen molar-refractivity contribution in [3.63, 3.8) is 0 Å². The highest BCUT2D eigenvalue weighted by Gasteiger charge is 2.28. The summed E-state index contributed by atoms with van der Waals surface area (Å²) in [6.45, 7) is 4.72. The van der Waals surface area contributed by atoms with E-state index >= 15 is 0 Å². The number of aliphatic hydroxyl groups is 1. The van der Waals surface area contributed by atoms with Gasteiger partial charge in [-0.3, -0.25) is 0 Å². The summed E-state index contributed by atoms with van der Waals surface area (Å²) in [5, 5.41) is 15.1. The minimum Gasteiger partial charge on any atom is -0.396 e. The molecule has 0 unspecified atom stereocenters. The van der Waals surface area contributed by atoms with Gasteiger partial charge in [0.25, 0.3) is 0 Å². The monoisotopic (exact) mass is 239 g/mol. The maximum atomic E-state index is 9.30. The Morgan fingerprint density at radius 2 is 2.38 bits per heavy atom. The Balaban J connectivity index is 1.97. The second kappa shape index (κ2) is 5.30. The van der Waals surface area contributed by atoms with Crippen molar-refractivity contribution in [1.82, 2.24) is 5.32 Å². The van der Waals surface area contributed by atoms with Gasteiger partial charge in [0, 0.05) is 23.6 Å². The molecule has 0 bridgehead atoms. The molecule has 0 spiro atoms. The van der Waals surface area contributed by atoms with Gasteiger partial charge in [-0.05, 0) is 49.6 Å². The van der Waals surface area contributed by atoms with Crippen LogP contribution in [0.25, 0.3) is 0 Å². The average Bonchev–Trinajstić information content (AvgIpc) is 2.86. The summed E-state index contributed by atoms with van der Waals surface area (Å²) in [5.41, 5.74) is 1.38. The predicted octanol–water partition coefficient (Wildman–Crippen LogP) is 2.87. The number of hydrogen-bond acceptors (Lipinski definition) is 3. The molecule has 2 N–H and O–H groups in total. The molecule has 90 valence electrons. The van der Waals surface area contributed by atoms with Crippen LogP contribution >= 0.6 is 11.3 Å². The van der Waals surface area contributed by atoms with Gasteiger partial charge in [-0.25, -0.2) is 0 Å². The first kappa shape index (κ1) is 12.1. The quantitative estimate of drug-likeness (QED) is 0.847. The van der Waals surface area contributed by atoms with Crippen molar-refractivity contribution in [2.75, 3.05) is 6.61 Å². The molecular formula is C13H21NOS. The zero-order chi connectivity index (χ0) is 11.5. The summed E-state index contributed by atoms with van der Waals surface area (Å²) in [7, 11) is 0. The molecule has 3 heteroatoms. The number of aliphatic hydroxyl groups excluding tert-OH is 1. The van der Waals surface area contributed by atoms with Crippen LogP contribution < -0.4 is 5.32 Å². The normalized spacial score (nSPS) is 27.2. The zero-order valence-electron chi connectivity index (χ0n) is 10.1. The van der Waals surface area contributed by atoms with E-state index < -0.39 is 0 Å². The SMILES string of the molecule is Cc1ccsc1[C@H](C)N[C@@H]1CCC[C@H]1CO. The summed E-state index contributed by atoms with van der Waals surface area (Å²) >= 11 is 1.82. The molecule has 0 amide bonds.